The van der Waals surface area contributed by atoms with E-state index in [-0.39, 0.29) is 24.4 Å². The quantitative estimate of drug-likeness (QED) is 0.713. The van der Waals surface area contributed by atoms with E-state index in [1.165, 1.54) is 12.8 Å². The van der Waals surface area contributed by atoms with Crippen LogP contribution in [0.3, 0.4) is 0 Å². The molecule has 2 rings (SSSR count). The lowest BCUT2D eigenvalue weighted by Crippen LogP contribution is -2.50. The average molecular weight is 324 g/mol. The number of carbonyl (C=O) groups excluding carboxylic acids is 1. The Morgan fingerprint density at radius 3 is 2.95 bits per heavy atom. The molecule has 118 valence electrons. The molecule has 0 bridgehead atoms. The first-order valence-corrected chi connectivity index (χ1v) is 8.48. The summed E-state index contributed by atoms with van der Waals surface area (Å²) in [5.74, 6) is 0.866. The van der Waals surface area contributed by atoms with E-state index >= 15 is 0 Å². The Morgan fingerprint density at radius 1 is 1.55 bits per heavy atom. The summed E-state index contributed by atoms with van der Waals surface area (Å²) in [4.78, 5) is 14.3. The topological polar surface area (TPSA) is 67.6 Å². The minimum atomic E-state index is -0.393. The van der Waals surface area contributed by atoms with Crippen molar-refractivity contribution in [1.29, 1.82) is 0 Å². The van der Waals surface area contributed by atoms with Gasteiger partial charge >= 0.3 is 0 Å². The SMILES string of the molecule is CSCCC(N)C(=O)NCC1CN(C2CC2)CCO1.Cl. The number of ether oxygens (including phenoxy) is 1. The molecule has 1 saturated heterocycles. The van der Waals surface area contributed by atoms with E-state index in [9.17, 15) is 4.79 Å². The van der Waals surface area contributed by atoms with E-state index < -0.39 is 6.04 Å². The van der Waals surface area contributed by atoms with Crippen molar-refractivity contribution in [1.82, 2.24) is 10.2 Å². The van der Waals surface area contributed by atoms with E-state index in [0.29, 0.717) is 6.54 Å². The molecule has 3 N–H and O–H groups in total. The molecule has 0 spiro atoms. The van der Waals surface area contributed by atoms with Crippen molar-refractivity contribution in [3.05, 3.63) is 0 Å². The fourth-order valence-electron chi connectivity index (χ4n) is 2.36. The Hall–Kier alpha value is -0.0100. The van der Waals surface area contributed by atoms with E-state index in [2.05, 4.69) is 10.2 Å². The van der Waals surface area contributed by atoms with Gasteiger partial charge in [-0.2, -0.15) is 11.8 Å². The zero-order valence-corrected chi connectivity index (χ0v) is 13.7. The number of thioether (sulfide) groups is 1. The zero-order valence-electron chi connectivity index (χ0n) is 12.0. The third-order valence-electron chi connectivity index (χ3n) is 3.71. The molecule has 1 saturated carbocycles. The normalized spacial score (nSPS) is 24.8. The van der Waals surface area contributed by atoms with Gasteiger partial charge in [-0.1, -0.05) is 0 Å². The van der Waals surface area contributed by atoms with Gasteiger partial charge < -0.3 is 15.8 Å². The van der Waals surface area contributed by atoms with Crippen molar-refractivity contribution in [3.63, 3.8) is 0 Å². The highest BCUT2D eigenvalue weighted by Crippen LogP contribution is 2.28. The van der Waals surface area contributed by atoms with Crippen LogP contribution in [0, 0.1) is 0 Å². The van der Waals surface area contributed by atoms with Gasteiger partial charge in [0, 0.05) is 25.7 Å². The Labute approximate surface area is 131 Å². The van der Waals surface area contributed by atoms with Crippen LogP contribution in [-0.4, -0.2) is 67.2 Å². The first-order chi connectivity index (χ1) is 9.20. The maximum atomic E-state index is 11.8. The van der Waals surface area contributed by atoms with Crippen LogP contribution in [0.4, 0.5) is 0 Å². The first-order valence-electron chi connectivity index (χ1n) is 7.08. The lowest BCUT2D eigenvalue weighted by atomic mass is 10.2. The summed E-state index contributed by atoms with van der Waals surface area (Å²) in [5, 5.41) is 2.92. The van der Waals surface area contributed by atoms with Crippen molar-refractivity contribution < 1.29 is 9.53 Å². The number of nitrogens with one attached hydrogen (secondary N) is 1. The highest BCUT2D eigenvalue weighted by molar-refractivity contribution is 7.98. The third-order valence-corrected chi connectivity index (χ3v) is 4.35. The third kappa shape index (κ3) is 5.77. The summed E-state index contributed by atoms with van der Waals surface area (Å²) in [5.41, 5.74) is 5.83. The van der Waals surface area contributed by atoms with E-state index in [0.717, 1.165) is 37.9 Å². The molecule has 5 nitrogen and oxygen atoms in total. The number of halogens is 1. The van der Waals surface area contributed by atoms with Crippen LogP contribution < -0.4 is 11.1 Å². The molecule has 1 amide bonds. The number of carbonyl (C=O) groups is 1. The molecule has 0 radical (unpaired) electrons. The first kappa shape index (κ1) is 18.0. The molecule has 0 aromatic carbocycles. The summed E-state index contributed by atoms with van der Waals surface area (Å²) in [6, 6.07) is 0.376. The van der Waals surface area contributed by atoms with Crippen molar-refractivity contribution in [3.8, 4) is 0 Å². The second-order valence-electron chi connectivity index (χ2n) is 5.35. The van der Waals surface area contributed by atoms with Crippen LogP contribution in [0.5, 0.6) is 0 Å². The summed E-state index contributed by atoms with van der Waals surface area (Å²) in [7, 11) is 0. The minimum absolute atomic E-state index is 0. The van der Waals surface area contributed by atoms with Crippen LogP contribution in [0.25, 0.3) is 0 Å². The molecule has 1 aliphatic heterocycles. The maximum Gasteiger partial charge on any atom is 0.237 e. The van der Waals surface area contributed by atoms with Crippen LogP contribution in [-0.2, 0) is 9.53 Å². The number of amides is 1. The Kier molecular flexibility index (Phi) is 8.21. The number of rotatable bonds is 7. The number of morpholine rings is 1. The number of nitrogens with zero attached hydrogens (tertiary/aromatic N) is 1. The molecule has 0 aromatic heterocycles. The van der Waals surface area contributed by atoms with E-state index in [1.54, 1.807) is 11.8 Å². The second-order valence-corrected chi connectivity index (χ2v) is 6.34. The maximum absolute atomic E-state index is 11.8. The van der Waals surface area contributed by atoms with Crippen LogP contribution >= 0.6 is 24.2 Å². The fourth-order valence-corrected chi connectivity index (χ4v) is 2.85. The molecule has 1 aliphatic carbocycles. The fraction of sp³-hybridized carbons (Fsp3) is 0.923. The monoisotopic (exact) mass is 323 g/mol. The Bertz CT molecular complexity index is 305. The van der Waals surface area contributed by atoms with Gasteiger partial charge in [-0.3, -0.25) is 9.69 Å². The van der Waals surface area contributed by atoms with Crippen LogP contribution in [0.2, 0.25) is 0 Å². The smallest absolute Gasteiger partial charge is 0.237 e. The lowest BCUT2D eigenvalue weighted by molar-refractivity contribution is -0.123. The van der Waals surface area contributed by atoms with Crippen molar-refractivity contribution >= 4 is 30.1 Å². The largest absolute Gasteiger partial charge is 0.374 e. The predicted molar refractivity (Wildman–Crippen MR) is 85.6 cm³/mol. The Balaban J connectivity index is 0.00000200. The molecular weight excluding hydrogens is 298 g/mol. The molecule has 2 atom stereocenters. The highest BCUT2D eigenvalue weighted by Gasteiger charge is 2.33. The Morgan fingerprint density at radius 2 is 2.30 bits per heavy atom. The molecule has 2 aliphatic rings. The van der Waals surface area contributed by atoms with Crippen LogP contribution in [0.1, 0.15) is 19.3 Å². The molecular formula is C13H26ClN3O2S. The minimum Gasteiger partial charge on any atom is -0.374 e. The standard InChI is InChI=1S/C13H25N3O2S.ClH/c1-19-7-4-12(14)13(17)15-8-11-9-16(5-6-18-11)10-2-3-10;/h10-12H,2-9,14H2,1H3,(H,15,17);1H. The van der Waals surface area contributed by atoms with Gasteiger partial charge in [0.05, 0.1) is 18.8 Å². The van der Waals surface area contributed by atoms with Gasteiger partial charge in [0.2, 0.25) is 5.91 Å². The summed E-state index contributed by atoms with van der Waals surface area (Å²) in [6.07, 6.45) is 5.50. The molecule has 2 fully saturated rings. The van der Waals surface area contributed by atoms with Crippen molar-refractivity contribution in [2.45, 2.75) is 37.5 Å². The summed E-state index contributed by atoms with van der Waals surface area (Å²) < 4.78 is 5.70. The van der Waals surface area contributed by atoms with Gasteiger partial charge in [0.25, 0.3) is 0 Å². The summed E-state index contributed by atoms with van der Waals surface area (Å²) in [6.45, 7) is 3.32. The molecule has 20 heavy (non-hydrogen) atoms. The number of nitrogens with two attached hydrogens (primary N) is 1. The molecule has 0 aromatic rings. The highest BCUT2D eigenvalue weighted by atomic mass is 35.5. The van der Waals surface area contributed by atoms with Gasteiger partial charge in [-0.15, -0.1) is 12.4 Å². The molecule has 2 unspecified atom stereocenters. The molecule has 7 heteroatoms. The zero-order chi connectivity index (χ0) is 13.7. The van der Waals surface area contributed by atoms with Gasteiger partial charge in [-0.25, -0.2) is 0 Å². The predicted octanol–water partition coefficient (Wildman–Crippen LogP) is 0.468. The molecule has 1 heterocycles. The second kappa shape index (κ2) is 9.10. The summed E-state index contributed by atoms with van der Waals surface area (Å²) >= 11 is 1.71. The van der Waals surface area contributed by atoms with Gasteiger partial charge in [0.15, 0.2) is 0 Å². The lowest BCUT2D eigenvalue weighted by Gasteiger charge is -2.33. The number of hydrogen-bond acceptors (Lipinski definition) is 5. The van der Waals surface area contributed by atoms with Crippen molar-refractivity contribution in [2.24, 2.45) is 5.73 Å². The average Bonchev–Trinajstić information content (AvgIpc) is 3.27. The van der Waals surface area contributed by atoms with Gasteiger partial charge in [-0.05, 0) is 31.3 Å². The van der Waals surface area contributed by atoms with E-state index in [4.69, 9.17) is 10.5 Å². The van der Waals surface area contributed by atoms with E-state index in [1.807, 2.05) is 6.26 Å². The van der Waals surface area contributed by atoms with Crippen molar-refractivity contribution in [2.75, 3.05) is 38.2 Å². The van der Waals surface area contributed by atoms with Gasteiger partial charge in [0.1, 0.15) is 0 Å². The number of hydrogen-bond donors (Lipinski definition) is 2. The van der Waals surface area contributed by atoms with Crippen LogP contribution in [0.15, 0.2) is 0 Å².